The lowest BCUT2D eigenvalue weighted by Gasteiger charge is -2.20. The van der Waals surface area contributed by atoms with Gasteiger partial charge in [0.15, 0.2) is 0 Å². The van der Waals surface area contributed by atoms with Crippen LogP contribution in [0, 0.1) is 0 Å². The first-order valence-electron chi connectivity index (χ1n) is 8.76. The molecule has 0 aliphatic rings. The summed E-state index contributed by atoms with van der Waals surface area (Å²) in [5.74, 6) is -1.97. The molecule has 4 N–H and O–H groups in total. The van der Waals surface area contributed by atoms with Crippen LogP contribution in [0.1, 0.15) is 44.1 Å². The molecule has 0 fully saturated rings. The average molecular weight is 388 g/mol. The number of primary amides is 1. The predicted molar refractivity (Wildman–Crippen MR) is 102 cm³/mol. The van der Waals surface area contributed by atoms with Crippen molar-refractivity contribution >= 4 is 17.8 Å². The SMILES string of the molecule is CC(C)(C)OC(=O)CCC(NC(=O)c1cc(=O)n(-c2ccccc2)[nH]1)C(N)=O. The van der Waals surface area contributed by atoms with E-state index in [1.807, 2.05) is 0 Å². The molecule has 2 rings (SSSR count). The van der Waals surface area contributed by atoms with Gasteiger partial charge in [0.1, 0.15) is 17.3 Å². The van der Waals surface area contributed by atoms with E-state index in [4.69, 9.17) is 10.5 Å². The second kappa shape index (κ2) is 8.55. The highest BCUT2D eigenvalue weighted by Gasteiger charge is 2.23. The molecule has 1 aromatic heterocycles. The van der Waals surface area contributed by atoms with Crippen LogP contribution in [0.25, 0.3) is 5.69 Å². The monoisotopic (exact) mass is 388 g/mol. The smallest absolute Gasteiger partial charge is 0.306 e. The van der Waals surface area contributed by atoms with Crippen LogP contribution in [0.5, 0.6) is 0 Å². The quantitative estimate of drug-likeness (QED) is 0.605. The number of para-hydroxylation sites is 1. The van der Waals surface area contributed by atoms with Crippen LogP contribution in [0.3, 0.4) is 0 Å². The number of nitrogens with zero attached hydrogens (tertiary/aromatic N) is 1. The van der Waals surface area contributed by atoms with Gasteiger partial charge in [-0.15, -0.1) is 0 Å². The van der Waals surface area contributed by atoms with Crippen molar-refractivity contribution in [2.45, 2.75) is 45.3 Å². The fourth-order valence-electron chi connectivity index (χ4n) is 2.46. The zero-order valence-corrected chi connectivity index (χ0v) is 16.0. The zero-order valence-electron chi connectivity index (χ0n) is 16.0. The van der Waals surface area contributed by atoms with E-state index in [9.17, 15) is 19.2 Å². The fraction of sp³-hybridized carbons (Fsp3) is 0.368. The summed E-state index contributed by atoms with van der Waals surface area (Å²) in [4.78, 5) is 48.0. The number of hydrogen-bond acceptors (Lipinski definition) is 5. The molecule has 1 aromatic carbocycles. The normalized spacial score (nSPS) is 12.2. The van der Waals surface area contributed by atoms with E-state index in [0.29, 0.717) is 5.69 Å². The fourth-order valence-corrected chi connectivity index (χ4v) is 2.46. The number of aromatic nitrogens is 2. The maximum Gasteiger partial charge on any atom is 0.306 e. The maximum absolute atomic E-state index is 12.4. The molecule has 28 heavy (non-hydrogen) atoms. The Labute approximate surface area is 161 Å². The second-order valence-electron chi connectivity index (χ2n) is 7.23. The first-order valence-corrected chi connectivity index (χ1v) is 8.76. The summed E-state index contributed by atoms with van der Waals surface area (Å²) in [6.45, 7) is 5.18. The van der Waals surface area contributed by atoms with Crippen molar-refractivity contribution in [1.82, 2.24) is 15.1 Å². The Hall–Kier alpha value is -3.36. The number of ether oxygens (including phenoxy) is 1. The van der Waals surface area contributed by atoms with E-state index >= 15 is 0 Å². The Morgan fingerprint density at radius 1 is 1.21 bits per heavy atom. The molecule has 9 nitrogen and oxygen atoms in total. The Morgan fingerprint density at radius 3 is 2.43 bits per heavy atom. The number of nitrogens with two attached hydrogens (primary N) is 1. The number of nitrogens with one attached hydrogen (secondary N) is 2. The molecule has 0 aliphatic carbocycles. The van der Waals surface area contributed by atoms with Gasteiger partial charge in [-0.05, 0) is 39.3 Å². The van der Waals surface area contributed by atoms with Crippen molar-refractivity contribution in [1.29, 1.82) is 0 Å². The highest BCUT2D eigenvalue weighted by atomic mass is 16.6. The second-order valence-corrected chi connectivity index (χ2v) is 7.23. The molecule has 0 aliphatic heterocycles. The summed E-state index contributed by atoms with van der Waals surface area (Å²) in [5.41, 5.74) is 4.77. The van der Waals surface area contributed by atoms with Crippen molar-refractivity contribution in [3.8, 4) is 5.69 Å². The molecular formula is C19H24N4O5. The van der Waals surface area contributed by atoms with Gasteiger partial charge in [-0.25, -0.2) is 4.68 Å². The van der Waals surface area contributed by atoms with Crippen LogP contribution in [-0.4, -0.2) is 39.2 Å². The van der Waals surface area contributed by atoms with E-state index in [2.05, 4.69) is 10.4 Å². The standard InChI is InChI=1S/C19H24N4O5/c1-19(2,3)28-16(25)10-9-13(17(20)26)21-18(27)14-11-15(24)23(22-14)12-7-5-4-6-8-12/h4-8,11,13,22H,9-10H2,1-3H3,(H2,20,26)(H,21,27). The number of hydrogen-bond donors (Lipinski definition) is 3. The van der Waals surface area contributed by atoms with E-state index in [1.165, 1.54) is 4.68 Å². The lowest BCUT2D eigenvalue weighted by Crippen LogP contribution is -2.45. The third-order valence-corrected chi connectivity index (χ3v) is 3.69. The Morgan fingerprint density at radius 2 is 1.86 bits per heavy atom. The lowest BCUT2D eigenvalue weighted by molar-refractivity contribution is -0.155. The summed E-state index contributed by atoms with van der Waals surface area (Å²) in [6, 6.07) is 8.74. The predicted octanol–water partition coefficient (Wildman–Crippen LogP) is 0.871. The number of rotatable bonds is 7. The van der Waals surface area contributed by atoms with Gasteiger partial charge < -0.3 is 15.8 Å². The summed E-state index contributed by atoms with van der Waals surface area (Å²) < 4.78 is 6.37. The van der Waals surface area contributed by atoms with E-state index < -0.39 is 35.0 Å². The van der Waals surface area contributed by atoms with E-state index in [0.717, 1.165) is 6.07 Å². The highest BCUT2D eigenvalue weighted by molar-refractivity contribution is 5.95. The van der Waals surface area contributed by atoms with Crippen LogP contribution in [0.2, 0.25) is 0 Å². The molecule has 0 radical (unpaired) electrons. The van der Waals surface area contributed by atoms with Gasteiger partial charge in [0.2, 0.25) is 5.91 Å². The van der Waals surface area contributed by atoms with E-state index in [1.54, 1.807) is 51.1 Å². The number of carbonyl (C=O) groups excluding carboxylic acids is 3. The van der Waals surface area contributed by atoms with Crippen molar-refractivity contribution in [3.05, 3.63) is 52.4 Å². The molecule has 9 heteroatoms. The molecule has 1 unspecified atom stereocenters. The Kier molecular flexibility index (Phi) is 6.40. The minimum Gasteiger partial charge on any atom is -0.460 e. The molecule has 1 heterocycles. The van der Waals surface area contributed by atoms with Crippen LogP contribution in [-0.2, 0) is 14.3 Å². The topological polar surface area (TPSA) is 136 Å². The Balaban J connectivity index is 2.06. The third-order valence-electron chi connectivity index (χ3n) is 3.69. The molecule has 2 aromatic rings. The number of esters is 1. The summed E-state index contributed by atoms with van der Waals surface area (Å²) in [6.07, 6.45) is -0.105. The third kappa shape index (κ3) is 5.83. The van der Waals surface area contributed by atoms with Gasteiger partial charge in [0, 0.05) is 12.5 Å². The van der Waals surface area contributed by atoms with Crippen LogP contribution < -0.4 is 16.6 Å². The van der Waals surface area contributed by atoms with Gasteiger partial charge in [-0.3, -0.25) is 24.3 Å². The van der Waals surface area contributed by atoms with Crippen molar-refractivity contribution in [3.63, 3.8) is 0 Å². The summed E-state index contributed by atoms with van der Waals surface area (Å²) in [5, 5.41) is 5.12. The lowest BCUT2D eigenvalue weighted by atomic mass is 10.1. The highest BCUT2D eigenvalue weighted by Crippen LogP contribution is 2.10. The molecule has 1 atom stereocenters. The minimum atomic E-state index is -1.08. The Bertz CT molecular complexity index is 908. The average Bonchev–Trinajstić information content (AvgIpc) is 2.99. The first-order chi connectivity index (χ1) is 13.1. The van der Waals surface area contributed by atoms with Crippen molar-refractivity contribution in [2.24, 2.45) is 5.73 Å². The molecular weight excluding hydrogens is 364 g/mol. The number of aromatic amines is 1. The largest absolute Gasteiger partial charge is 0.460 e. The van der Waals surface area contributed by atoms with Gasteiger partial charge in [0.25, 0.3) is 11.5 Å². The molecule has 0 spiro atoms. The molecule has 0 bridgehead atoms. The van der Waals surface area contributed by atoms with Crippen molar-refractivity contribution < 1.29 is 19.1 Å². The number of H-pyrrole nitrogens is 1. The first kappa shape index (κ1) is 20.9. The summed E-state index contributed by atoms with van der Waals surface area (Å²) >= 11 is 0. The molecule has 2 amide bonds. The zero-order chi connectivity index (χ0) is 20.9. The molecule has 150 valence electrons. The number of amides is 2. The molecule has 0 saturated heterocycles. The summed E-state index contributed by atoms with van der Waals surface area (Å²) in [7, 11) is 0. The number of benzene rings is 1. The van der Waals surface area contributed by atoms with Crippen LogP contribution in [0.4, 0.5) is 0 Å². The van der Waals surface area contributed by atoms with Crippen LogP contribution in [0.15, 0.2) is 41.2 Å². The van der Waals surface area contributed by atoms with Crippen LogP contribution >= 0.6 is 0 Å². The van der Waals surface area contributed by atoms with Gasteiger partial charge in [-0.1, -0.05) is 18.2 Å². The van der Waals surface area contributed by atoms with Crippen molar-refractivity contribution in [2.75, 3.05) is 0 Å². The number of carbonyl (C=O) groups is 3. The van der Waals surface area contributed by atoms with Gasteiger partial charge in [0.05, 0.1) is 5.69 Å². The molecule has 0 saturated carbocycles. The maximum atomic E-state index is 12.4. The van der Waals surface area contributed by atoms with Gasteiger partial charge in [-0.2, -0.15) is 0 Å². The van der Waals surface area contributed by atoms with E-state index in [-0.39, 0.29) is 18.5 Å². The van der Waals surface area contributed by atoms with Gasteiger partial charge >= 0.3 is 5.97 Å². The minimum absolute atomic E-state index is 0.0143.